The molecule has 1 fully saturated rings. The van der Waals surface area contributed by atoms with E-state index in [1.807, 2.05) is 36.1 Å². The van der Waals surface area contributed by atoms with Crippen LogP contribution < -0.4 is 10.1 Å². The molecule has 0 bridgehead atoms. The van der Waals surface area contributed by atoms with Gasteiger partial charge in [0.15, 0.2) is 6.10 Å². The summed E-state index contributed by atoms with van der Waals surface area (Å²) in [5.74, 6) is 0.367. The van der Waals surface area contributed by atoms with Gasteiger partial charge in [0, 0.05) is 26.1 Å². The first-order chi connectivity index (χ1) is 13.5. The molecule has 1 unspecified atom stereocenters. The summed E-state index contributed by atoms with van der Waals surface area (Å²) in [5.41, 5.74) is 0.877. The van der Waals surface area contributed by atoms with Crippen molar-refractivity contribution in [1.82, 2.24) is 10.2 Å². The number of carboxylic acids is 1. The summed E-state index contributed by atoms with van der Waals surface area (Å²) in [6.45, 7) is 6.60. The molecular weight excluding hydrogens is 360 g/mol. The molecule has 28 heavy (non-hydrogen) atoms. The van der Waals surface area contributed by atoms with Gasteiger partial charge in [0.25, 0.3) is 0 Å². The van der Waals surface area contributed by atoms with Crippen molar-refractivity contribution in [1.29, 1.82) is 0 Å². The molecule has 0 radical (unpaired) electrons. The third-order valence-corrected chi connectivity index (χ3v) is 4.61. The number of urea groups is 1. The van der Waals surface area contributed by atoms with Crippen LogP contribution in [0.3, 0.4) is 0 Å². The Morgan fingerprint density at radius 1 is 1.25 bits per heavy atom. The van der Waals surface area contributed by atoms with Crippen LogP contribution in [0.4, 0.5) is 4.79 Å². The fourth-order valence-corrected chi connectivity index (χ4v) is 2.86. The van der Waals surface area contributed by atoms with Gasteiger partial charge in [-0.05, 0) is 49.8 Å². The number of nitrogens with zero attached hydrogens (tertiary/aromatic N) is 1. The van der Waals surface area contributed by atoms with Crippen molar-refractivity contribution in [3.05, 3.63) is 29.8 Å². The van der Waals surface area contributed by atoms with E-state index >= 15 is 0 Å². The van der Waals surface area contributed by atoms with Crippen LogP contribution >= 0.6 is 0 Å². The molecule has 1 saturated carbocycles. The lowest BCUT2D eigenvalue weighted by Crippen LogP contribution is -2.43. The number of rotatable bonds is 13. The number of nitrogens with one attached hydrogen (secondary N) is 1. The zero-order valence-electron chi connectivity index (χ0n) is 16.9. The van der Waals surface area contributed by atoms with E-state index in [-0.39, 0.29) is 6.03 Å². The molecule has 7 heteroatoms. The van der Waals surface area contributed by atoms with Crippen LogP contribution in [0.5, 0.6) is 5.75 Å². The molecule has 1 aromatic rings. The lowest BCUT2D eigenvalue weighted by Gasteiger charge is -2.23. The van der Waals surface area contributed by atoms with Crippen molar-refractivity contribution in [3.63, 3.8) is 0 Å². The number of amides is 2. The van der Waals surface area contributed by atoms with Gasteiger partial charge in [0.1, 0.15) is 12.4 Å². The Kier molecular flexibility index (Phi) is 9.07. The molecule has 2 amide bonds. The maximum atomic E-state index is 12.3. The molecule has 0 aliphatic heterocycles. The van der Waals surface area contributed by atoms with Crippen molar-refractivity contribution in [2.45, 2.75) is 45.6 Å². The van der Waals surface area contributed by atoms with Crippen LogP contribution in [0.1, 0.15) is 38.7 Å². The van der Waals surface area contributed by atoms with Gasteiger partial charge in [-0.15, -0.1) is 0 Å². The van der Waals surface area contributed by atoms with Gasteiger partial charge in [0.05, 0.1) is 6.54 Å². The van der Waals surface area contributed by atoms with Crippen LogP contribution in [0.2, 0.25) is 0 Å². The van der Waals surface area contributed by atoms with E-state index in [1.165, 1.54) is 12.8 Å². The second-order valence-electron chi connectivity index (χ2n) is 7.10. The summed E-state index contributed by atoms with van der Waals surface area (Å²) >= 11 is 0. The molecule has 0 aromatic heterocycles. The minimum absolute atomic E-state index is 0.0247. The zero-order valence-corrected chi connectivity index (χ0v) is 16.9. The highest BCUT2D eigenvalue weighted by atomic mass is 16.5. The molecule has 1 aromatic carbocycles. The zero-order chi connectivity index (χ0) is 20.4. The number of carbonyl (C=O) groups excluding carboxylic acids is 1. The highest BCUT2D eigenvalue weighted by Gasteiger charge is 2.26. The summed E-state index contributed by atoms with van der Waals surface area (Å²) in [7, 11) is 0. The summed E-state index contributed by atoms with van der Waals surface area (Å²) in [6, 6.07) is 7.31. The van der Waals surface area contributed by atoms with Gasteiger partial charge in [-0.3, -0.25) is 0 Å². The topological polar surface area (TPSA) is 88.1 Å². The third kappa shape index (κ3) is 7.76. The Morgan fingerprint density at radius 2 is 1.96 bits per heavy atom. The molecule has 7 nitrogen and oxygen atoms in total. The summed E-state index contributed by atoms with van der Waals surface area (Å²) in [4.78, 5) is 25.3. The molecule has 1 aliphatic carbocycles. The van der Waals surface area contributed by atoms with E-state index in [1.54, 1.807) is 6.92 Å². The fraction of sp³-hybridized carbons (Fsp3) is 0.619. The van der Waals surface area contributed by atoms with E-state index in [0.29, 0.717) is 44.4 Å². The average molecular weight is 392 g/mol. The van der Waals surface area contributed by atoms with Crippen molar-refractivity contribution in [3.8, 4) is 5.75 Å². The number of aliphatic carboxylic acids is 1. The van der Waals surface area contributed by atoms with Gasteiger partial charge in [-0.2, -0.15) is 0 Å². The predicted octanol–water partition coefficient (Wildman–Crippen LogP) is 2.93. The van der Waals surface area contributed by atoms with Gasteiger partial charge < -0.3 is 24.8 Å². The average Bonchev–Trinajstić information content (AvgIpc) is 3.50. The first kappa shape index (κ1) is 22.0. The Morgan fingerprint density at radius 3 is 2.54 bits per heavy atom. The number of carboxylic acid groups (broad SMARTS) is 1. The summed E-state index contributed by atoms with van der Waals surface area (Å²) in [6.07, 6.45) is 2.78. The largest absolute Gasteiger partial charge is 0.492 e. The van der Waals surface area contributed by atoms with Crippen LogP contribution in [-0.2, 0) is 16.0 Å². The Balaban J connectivity index is 1.80. The quantitative estimate of drug-likeness (QED) is 0.539. The molecule has 1 aliphatic rings. The molecule has 1 atom stereocenters. The van der Waals surface area contributed by atoms with Crippen LogP contribution in [-0.4, -0.2) is 61.0 Å². The Hall–Kier alpha value is -2.28. The SMILES string of the molecule is CCCNC(=O)N(CCOc1ccc(CC(OCC)C(=O)O)cc1)CC1CC1. The van der Waals surface area contributed by atoms with E-state index in [9.17, 15) is 9.59 Å². The highest BCUT2D eigenvalue weighted by molar-refractivity contribution is 5.74. The predicted molar refractivity (Wildman–Crippen MR) is 107 cm³/mol. The van der Waals surface area contributed by atoms with Crippen molar-refractivity contribution >= 4 is 12.0 Å². The van der Waals surface area contributed by atoms with E-state index in [2.05, 4.69) is 5.32 Å². The van der Waals surface area contributed by atoms with E-state index in [4.69, 9.17) is 14.6 Å². The Bertz CT molecular complexity index is 616. The minimum Gasteiger partial charge on any atom is -0.492 e. The highest BCUT2D eigenvalue weighted by Crippen LogP contribution is 2.29. The summed E-state index contributed by atoms with van der Waals surface area (Å²) < 4.78 is 11.0. The van der Waals surface area contributed by atoms with Crippen molar-refractivity contribution in [2.75, 3.05) is 32.8 Å². The lowest BCUT2D eigenvalue weighted by atomic mass is 10.1. The van der Waals surface area contributed by atoms with Gasteiger partial charge in [-0.25, -0.2) is 9.59 Å². The van der Waals surface area contributed by atoms with Gasteiger partial charge >= 0.3 is 12.0 Å². The Labute approximate surface area is 167 Å². The second-order valence-corrected chi connectivity index (χ2v) is 7.10. The molecule has 2 N–H and O–H groups in total. The van der Waals surface area contributed by atoms with Gasteiger partial charge in [0.2, 0.25) is 0 Å². The van der Waals surface area contributed by atoms with Crippen LogP contribution in [0.25, 0.3) is 0 Å². The van der Waals surface area contributed by atoms with Crippen molar-refractivity contribution in [2.24, 2.45) is 5.92 Å². The maximum Gasteiger partial charge on any atom is 0.333 e. The fourth-order valence-electron chi connectivity index (χ4n) is 2.86. The van der Waals surface area contributed by atoms with Crippen LogP contribution in [0, 0.1) is 5.92 Å². The third-order valence-electron chi connectivity index (χ3n) is 4.61. The maximum absolute atomic E-state index is 12.3. The number of benzene rings is 1. The molecular formula is C21H32N2O5. The number of hydrogen-bond acceptors (Lipinski definition) is 4. The van der Waals surface area contributed by atoms with E-state index in [0.717, 1.165) is 18.5 Å². The van der Waals surface area contributed by atoms with E-state index < -0.39 is 12.1 Å². The summed E-state index contributed by atoms with van der Waals surface area (Å²) in [5, 5.41) is 12.1. The number of carbonyl (C=O) groups is 2. The van der Waals surface area contributed by atoms with Gasteiger partial charge in [-0.1, -0.05) is 19.1 Å². The molecule has 0 heterocycles. The standard InChI is InChI=1S/C21H32N2O5/c1-3-11-22-21(26)23(15-17-5-6-17)12-13-28-18-9-7-16(8-10-18)14-19(20(24)25)27-4-2/h7-10,17,19H,3-6,11-15H2,1-2H3,(H,22,26)(H,24,25). The number of ether oxygens (including phenoxy) is 2. The van der Waals surface area contributed by atoms with Crippen LogP contribution in [0.15, 0.2) is 24.3 Å². The smallest absolute Gasteiger partial charge is 0.333 e. The number of hydrogen-bond donors (Lipinski definition) is 2. The molecule has 2 rings (SSSR count). The minimum atomic E-state index is -0.959. The van der Waals surface area contributed by atoms with Crippen molar-refractivity contribution < 1.29 is 24.2 Å². The molecule has 0 spiro atoms. The normalized spacial score (nSPS) is 14.4. The molecule has 156 valence electrons. The lowest BCUT2D eigenvalue weighted by molar-refractivity contribution is -0.149. The first-order valence-electron chi connectivity index (χ1n) is 10.1. The second kappa shape index (κ2) is 11.5. The molecule has 0 saturated heterocycles. The monoisotopic (exact) mass is 392 g/mol. The first-order valence-corrected chi connectivity index (χ1v) is 10.1.